The molecule has 118 valence electrons. The minimum absolute atomic E-state index is 0.253. The molecular weight excluding hydrogens is 315 g/mol. The number of pyridine rings is 1. The maximum absolute atomic E-state index is 13.1. The lowest BCUT2D eigenvalue weighted by Gasteiger charge is -2.35. The lowest BCUT2D eigenvalue weighted by Crippen LogP contribution is -2.40. The maximum atomic E-state index is 13.1. The largest absolute Gasteiger partial charge is 0.379 e. The fraction of sp³-hybridized carbons (Fsp3) is 0.333. The number of nitrogens with zero attached hydrogens (tertiary/aromatic N) is 5. The molecular formula is C15H15FN6S. The first kappa shape index (κ1) is 14.4. The van der Waals surface area contributed by atoms with Crippen molar-refractivity contribution in [2.45, 2.75) is 4.75 Å². The number of aliphatic imine (C=N–C) groups is 1. The monoisotopic (exact) mass is 330 g/mol. The average molecular weight is 330 g/mol. The first-order valence-corrected chi connectivity index (χ1v) is 8.12. The standard InChI is InChI=1S/C15H15FN6S/c16-11-6-20-14(21-7-11)22-8-10-5-19-13(17)23-15(10,9-22)12-3-1-2-4-18-12/h1-4,6-7,10H,5,8-9H2,(H2,17,19). The number of hydrogen-bond acceptors (Lipinski definition) is 7. The summed E-state index contributed by atoms with van der Waals surface area (Å²) in [5, 5.41) is 0.578. The predicted molar refractivity (Wildman–Crippen MR) is 87.7 cm³/mol. The van der Waals surface area contributed by atoms with Crippen LogP contribution in [-0.2, 0) is 4.75 Å². The number of hydrogen-bond donors (Lipinski definition) is 1. The Morgan fingerprint density at radius 3 is 2.83 bits per heavy atom. The quantitative estimate of drug-likeness (QED) is 0.897. The van der Waals surface area contributed by atoms with Gasteiger partial charge >= 0.3 is 0 Å². The van der Waals surface area contributed by atoms with E-state index in [1.54, 1.807) is 18.0 Å². The highest BCUT2D eigenvalue weighted by Gasteiger charge is 2.52. The maximum Gasteiger partial charge on any atom is 0.225 e. The van der Waals surface area contributed by atoms with Gasteiger partial charge in [0.2, 0.25) is 5.95 Å². The van der Waals surface area contributed by atoms with Crippen molar-refractivity contribution in [3.63, 3.8) is 0 Å². The van der Waals surface area contributed by atoms with E-state index in [-0.39, 0.29) is 10.7 Å². The molecule has 4 rings (SSSR count). The minimum atomic E-state index is -0.438. The zero-order valence-electron chi connectivity index (χ0n) is 12.3. The molecule has 0 bridgehead atoms. The molecule has 8 heteroatoms. The lowest BCUT2D eigenvalue weighted by atomic mass is 9.91. The molecule has 0 aliphatic carbocycles. The van der Waals surface area contributed by atoms with Crippen molar-refractivity contribution in [2.24, 2.45) is 16.6 Å². The molecule has 0 saturated carbocycles. The molecule has 0 spiro atoms. The van der Waals surface area contributed by atoms with Gasteiger partial charge in [0.25, 0.3) is 0 Å². The van der Waals surface area contributed by atoms with Crippen LogP contribution in [0, 0.1) is 11.7 Å². The van der Waals surface area contributed by atoms with Crippen LogP contribution in [0.4, 0.5) is 10.3 Å². The second-order valence-corrected chi connectivity index (χ2v) is 7.02. The normalized spacial score (nSPS) is 26.7. The first-order valence-electron chi connectivity index (χ1n) is 7.30. The molecule has 2 aliphatic heterocycles. The van der Waals surface area contributed by atoms with E-state index < -0.39 is 5.82 Å². The Kier molecular flexibility index (Phi) is 3.41. The van der Waals surface area contributed by atoms with Crippen LogP contribution in [0.3, 0.4) is 0 Å². The smallest absolute Gasteiger partial charge is 0.225 e. The van der Waals surface area contributed by atoms with Gasteiger partial charge in [-0.15, -0.1) is 0 Å². The third kappa shape index (κ3) is 2.42. The molecule has 2 atom stereocenters. The molecule has 1 saturated heterocycles. The van der Waals surface area contributed by atoms with E-state index in [4.69, 9.17) is 5.73 Å². The van der Waals surface area contributed by atoms with Crippen LogP contribution in [0.15, 0.2) is 41.8 Å². The van der Waals surface area contributed by atoms with Crippen LogP contribution in [0.1, 0.15) is 5.69 Å². The van der Waals surface area contributed by atoms with Crippen LogP contribution < -0.4 is 10.6 Å². The molecule has 23 heavy (non-hydrogen) atoms. The zero-order valence-corrected chi connectivity index (χ0v) is 13.1. The van der Waals surface area contributed by atoms with Gasteiger partial charge in [-0.3, -0.25) is 9.98 Å². The number of rotatable bonds is 2. The Morgan fingerprint density at radius 1 is 1.26 bits per heavy atom. The van der Waals surface area contributed by atoms with E-state index in [9.17, 15) is 4.39 Å². The Morgan fingerprint density at radius 2 is 2.09 bits per heavy atom. The lowest BCUT2D eigenvalue weighted by molar-refractivity contribution is 0.477. The van der Waals surface area contributed by atoms with Gasteiger partial charge in [-0.2, -0.15) is 0 Å². The summed E-state index contributed by atoms with van der Waals surface area (Å²) >= 11 is 1.55. The fourth-order valence-corrected chi connectivity index (χ4v) is 4.48. The summed E-state index contributed by atoms with van der Waals surface area (Å²) in [6.07, 6.45) is 4.17. The molecule has 1 fully saturated rings. The third-order valence-corrected chi connectivity index (χ3v) is 5.64. The number of aromatic nitrogens is 3. The van der Waals surface area contributed by atoms with Gasteiger partial charge in [-0.05, 0) is 12.1 Å². The predicted octanol–water partition coefficient (Wildman–Crippen LogP) is 1.40. The van der Waals surface area contributed by atoms with Crippen molar-refractivity contribution < 1.29 is 4.39 Å². The Bertz CT molecular complexity index is 737. The summed E-state index contributed by atoms with van der Waals surface area (Å²) in [5.74, 6) is 0.338. The highest BCUT2D eigenvalue weighted by molar-refractivity contribution is 8.14. The highest BCUT2D eigenvalue weighted by atomic mass is 32.2. The Labute approximate surface area is 137 Å². The van der Waals surface area contributed by atoms with Gasteiger partial charge in [0.1, 0.15) is 0 Å². The number of thioether (sulfide) groups is 1. The van der Waals surface area contributed by atoms with Gasteiger partial charge in [0.05, 0.1) is 22.8 Å². The van der Waals surface area contributed by atoms with E-state index in [0.29, 0.717) is 24.2 Å². The van der Waals surface area contributed by atoms with Gasteiger partial charge in [0, 0.05) is 31.7 Å². The van der Waals surface area contributed by atoms with Crippen molar-refractivity contribution in [3.8, 4) is 0 Å². The van der Waals surface area contributed by atoms with Crippen molar-refractivity contribution in [1.29, 1.82) is 0 Å². The van der Waals surface area contributed by atoms with Crippen LogP contribution in [0.25, 0.3) is 0 Å². The van der Waals surface area contributed by atoms with Crippen molar-refractivity contribution >= 4 is 22.9 Å². The van der Waals surface area contributed by atoms with Gasteiger partial charge in [-0.1, -0.05) is 17.8 Å². The molecule has 0 aromatic carbocycles. The van der Waals surface area contributed by atoms with E-state index in [2.05, 4.69) is 24.8 Å². The van der Waals surface area contributed by atoms with E-state index in [1.807, 2.05) is 18.2 Å². The van der Waals surface area contributed by atoms with Gasteiger partial charge in [0.15, 0.2) is 11.0 Å². The highest BCUT2D eigenvalue weighted by Crippen LogP contribution is 2.50. The van der Waals surface area contributed by atoms with Gasteiger partial charge in [-0.25, -0.2) is 14.4 Å². The summed E-state index contributed by atoms with van der Waals surface area (Å²) in [6, 6.07) is 5.90. The number of nitrogens with two attached hydrogens (primary N) is 1. The van der Waals surface area contributed by atoms with Crippen LogP contribution in [0.2, 0.25) is 0 Å². The summed E-state index contributed by atoms with van der Waals surface area (Å²) < 4.78 is 12.8. The molecule has 2 aromatic rings. The van der Waals surface area contributed by atoms with Crippen LogP contribution in [0.5, 0.6) is 0 Å². The second-order valence-electron chi connectivity index (χ2n) is 5.66. The fourth-order valence-electron chi connectivity index (χ4n) is 3.21. The van der Waals surface area contributed by atoms with Crippen LogP contribution >= 0.6 is 11.8 Å². The molecule has 2 unspecified atom stereocenters. The summed E-state index contributed by atoms with van der Waals surface area (Å²) in [4.78, 5) is 19.2. The van der Waals surface area contributed by atoms with Gasteiger partial charge < -0.3 is 10.6 Å². The van der Waals surface area contributed by atoms with E-state index in [1.165, 1.54) is 12.4 Å². The first-order chi connectivity index (χ1) is 11.2. The molecule has 0 amide bonds. The third-order valence-electron chi connectivity index (χ3n) is 4.27. The topological polar surface area (TPSA) is 80.3 Å². The number of halogens is 1. The SMILES string of the molecule is NC1=NCC2CN(c3ncc(F)cn3)CC2(c2ccccn2)S1. The molecule has 2 N–H and O–H groups in total. The molecule has 6 nitrogen and oxygen atoms in total. The van der Waals surface area contributed by atoms with E-state index >= 15 is 0 Å². The Balaban J connectivity index is 1.72. The molecule has 0 radical (unpaired) electrons. The molecule has 4 heterocycles. The summed E-state index contributed by atoms with van der Waals surface area (Å²) in [7, 11) is 0. The Hall–Kier alpha value is -2.22. The van der Waals surface area contributed by atoms with Crippen LogP contribution in [-0.4, -0.2) is 39.8 Å². The van der Waals surface area contributed by atoms with Crippen molar-refractivity contribution in [2.75, 3.05) is 24.5 Å². The number of amidine groups is 1. The van der Waals surface area contributed by atoms with E-state index in [0.717, 1.165) is 12.2 Å². The second kappa shape index (κ2) is 5.45. The average Bonchev–Trinajstić information content (AvgIpc) is 2.96. The molecule has 2 aliphatic rings. The summed E-state index contributed by atoms with van der Waals surface area (Å²) in [6.45, 7) is 2.06. The number of anilines is 1. The molecule has 2 aromatic heterocycles. The zero-order chi connectivity index (χ0) is 15.9. The number of fused-ring (bicyclic) bond motifs is 1. The minimum Gasteiger partial charge on any atom is -0.379 e. The van der Waals surface area contributed by atoms with Crippen molar-refractivity contribution in [1.82, 2.24) is 15.0 Å². The summed E-state index contributed by atoms with van der Waals surface area (Å²) in [5.41, 5.74) is 6.99. The van der Waals surface area contributed by atoms with Crippen molar-refractivity contribution in [3.05, 3.63) is 48.3 Å².